The molecule has 0 spiro atoms. The van der Waals surface area contributed by atoms with E-state index in [1.54, 1.807) is 0 Å². The summed E-state index contributed by atoms with van der Waals surface area (Å²) in [6.45, 7) is 0. The van der Waals surface area contributed by atoms with Crippen molar-refractivity contribution in [3.8, 4) is 0 Å². The molecule has 1 aliphatic carbocycles. The summed E-state index contributed by atoms with van der Waals surface area (Å²) in [5.41, 5.74) is 6.90. The largest absolute Gasteiger partial charge is 0.402 e. The first kappa shape index (κ1) is 8.63. The van der Waals surface area contributed by atoms with Gasteiger partial charge in [-0.25, -0.2) is 0 Å². The maximum Gasteiger partial charge on any atom is 0.00399 e. The lowest BCUT2D eigenvalue weighted by Crippen LogP contribution is -1.98. The van der Waals surface area contributed by atoms with Crippen LogP contribution in [0.1, 0.15) is 51.4 Å². The molecule has 0 unspecified atom stereocenters. The molecule has 1 aliphatic rings. The Labute approximate surface area is 69.7 Å². The van der Waals surface area contributed by atoms with Gasteiger partial charge in [0, 0.05) is 5.70 Å². The minimum Gasteiger partial charge on any atom is -0.402 e. The molecule has 0 radical (unpaired) electrons. The van der Waals surface area contributed by atoms with Crippen molar-refractivity contribution in [3.63, 3.8) is 0 Å². The molecule has 1 rings (SSSR count). The van der Waals surface area contributed by atoms with E-state index in [1.807, 2.05) is 0 Å². The average molecular weight is 153 g/mol. The topological polar surface area (TPSA) is 26.0 Å². The predicted molar refractivity (Wildman–Crippen MR) is 49.2 cm³/mol. The molecule has 0 aromatic heterocycles. The van der Waals surface area contributed by atoms with Crippen LogP contribution in [0.15, 0.2) is 11.8 Å². The van der Waals surface area contributed by atoms with E-state index in [0.29, 0.717) is 0 Å². The molecular weight excluding hydrogens is 134 g/mol. The van der Waals surface area contributed by atoms with Crippen molar-refractivity contribution in [2.75, 3.05) is 0 Å². The lowest BCUT2D eigenvalue weighted by atomic mass is 10.0. The quantitative estimate of drug-likeness (QED) is 0.569. The van der Waals surface area contributed by atoms with Crippen molar-refractivity contribution in [1.82, 2.24) is 0 Å². The first-order chi connectivity index (χ1) is 5.39. The van der Waals surface area contributed by atoms with Gasteiger partial charge in [0.15, 0.2) is 0 Å². The average Bonchev–Trinajstić information content (AvgIpc) is 2.03. The third kappa shape index (κ3) is 4.07. The summed E-state index contributed by atoms with van der Waals surface area (Å²) >= 11 is 0. The van der Waals surface area contributed by atoms with Gasteiger partial charge in [-0.15, -0.1) is 0 Å². The molecule has 0 heterocycles. The van der Waals surface area contributed by atoms with E-state index in [4.69, 9.17) is 5.73 Å². The highest BCUT2D eigenvalue weighted by Crippen LogP contribution is 2.13. The molecule has 11 heavy (non-hydrogen) atoms. The molecule has 0 aromatic carbocycles. The van der Waals surface area contributed by atoms with Crippen LogP contribution in [0.4, 0.5) is 0 Å². The summed E-state index contributed by atoms with van der Waals surface area (Å²) in [5.74, 6) is 0. The third-order valence-electron chi connectivity index (χ3n) is 2.33. The smallest absolute Gasteiger partial charge is 0.00399 e. The third-order valence-corrected chi connectivity index (χ3v) is 2.33. The monoisotopic (exact) mass is 153 g/mol. The van der Waals surface area contributed by atoms with Gasteiger partial charge in [0.2, 0.25) is 0 Å². The fourth-order valence-electron chi connectivity index (χ4n) is 1.57. The van der Waals surface area contributed by atoms with Crippen molar-refractivity contribution < 1.29 is 0 Å². The lowest BCUT2D eigenvalue weighted by molar-refractivity contribution is 0.584. The number of hydrogen-bond acceptors (Lipinski definition) is 1. The van der Waals surface area contributed by atoms with E-state index in [2.05, 4.69) is 6.08 Å². The van der Waals surface area contributed by atoms with E-state index in [1.165, 1.54) is 44.9 Å². The number of hydrogen-bond donors (Lipinski definition) is 1. The molecule has 0 atom stereocenters. The van der Waals surface area contributed by atoms with Gasteiger partial charge in [0.25, 0.3) is 0 Å². The van der Waals surface area contributed by atoms with E-state index in [-0.39, 0.29) is 0 Å². The predicted octanol–water partition coefficient (Wildman–Crippen LogP) is 2.96. The number of nitrogens with two attached hydrogens (primary N) is 1. The molecule has 2 N–H and O–H groups in total. The molecule has 64 valence electrons. The summed E-state index contributed by atoms with van der Waals surface area (Å²) < 4.78 is 0. The molecular formula is C10H19N. The molecule has 0 saturated carbocycles. The Morgan fingerprint density at radius 1 is 0.909 bits per heavy atom. The SMILES string of the molecule is N/C1=C/CCCCCCCC1. The maximum atomic E-state index is 5.79. The van der Waals surface area contributed by atoms with Gasteiger partial charge >= 0.3 is 0 Å². The lowest BCUT2D eigenvalue weighted by Gasteiger charge is -2.05. The maximum absolute atomic E-state index is 5.79. The molecule has 1 heteroatoms. The molecule has 1 nitrogen and oxygen atoms in total. The summed E-state index contributed by atoms with van der Waals surface area (Å²) in [6, 6.07) is 0. The van der Waals surface area contributed by atoms with Gasteiger partial charge in [-0.05, 0) is 25.7 Å². The van der Waals surface area contributed by atoms with Crippen molar-refractivity contribution in [1.29, 1.82) is 0 Å². The van der Waals surface area contributed by atoms with Crippen LogP contribution in [0.3, 0.4) is 0 Å². The van der Waals surface area contributed by atoms with E-state index in [0.717, 1.165) is 12.1 Å². The van der Waals surface area contributed by atoms with Crippen LogP contribution in [0.2, 0.25) is 0 Å². The van der Waals surface area contributed by atoms with Crippen molar-refractivity contribution in [2.24, 2.45) is 5.73 Å². The molecule has 0 bridgehead atoms. The molecule has 0 aromatic rings. The minimum atomic E-state index is 1.12. The second-order valence-electron chi connectivity index (χ2n) is 3.44. The van der Waals surface area contributed by atoms with E-state index in [9.17, 15) is 0 Å². The summed E-state index contributed by atoms with van der Waals surface area (Å²) in [4.78, 5) is 0. The second-order valence-corrected chi connectivity index (χ2v) is 3.44. The molecule has 0 aliphatic heterocycles. The summed E-state index contributed by atoms with van der Waals surface area (Å²) in [5, 5.41) is 0. The first-order valence-electron chi connectivity index (χ1n) is 4.84. The van der Waals surface area contributed by atoms with Crippen molar-refractivity contribution >= 4 is 0 Å². The summed E-state index contributed by atoms with van der Waals surface area (Å²) in [7, 11) is 0. The number of allylic oxidation sites excluding steroid dienone is 2. The van der Waals surface area contributed by atoms with Crippen LogP contribution < -0.4 is 5.73 Å². The normalized spacial score (nSPS) is 27.1. The zero-order valence-electron chi connectivity index (χ0n) is 7.31. The Morgan fingerprint density at radius 2 is 1.55 bits per heavy atom. The highest BCUT2D eigenvalue weighted by molar-refractivity contribution is 4.96. The Kier molecular flexibility index (Phi) is 4.10. The van der Waals surface area contributed by atoms with Crippen LogP contribution >= 0.6 is 0 Å². The van der Waals surface area contributed by atoms with E-state index >= 15 is 0 Å². The van der Waals surface area contributed by atoms with E-state index < -0.39 is 0 Å². The highest BCUT2D eigenvalue weighted by atomic mass is 14.6. The zero-order valence-corrected chi connectivity index (χ0v) is 7.31. The Bertz CT molecular complexity index is 127. The summed E-state index contributed by atoms with van der Waals surface area (Å²) in [6.07, 6.45) is 12.8. The second kappa shape index (κ2) is 5.22. The number of rotatable bonds is 0. The van der Waals surface area contributed by atoms with Gasteiger partial charge in [0.1, 0.15) is 0 Å². The Hall–Kier alpha value is -0.460. The van der Waals surface area contributed by atoms with Crippen molar-refractivity contribution in [3.05, 3.63) is 11.8 Å². The Morgan fingerprint density at radius 3 is 2.36 bits per heavy atom. The van der Waals surface area contributed by atoms with Gasteiger partial charge < -0.3 is 5.73 Å². The molecule has 0 fully saturated rings. The van der Waals surface area contributed by atoms with Gasteiger partial charge in [-0.2, -0.15) is 0 Å². The zero-order chi connectivity index (χ0) is 7.94. The molecule has 0 saturated heterocycles. The minimum absolute atomic E-state index is 1.12. The van der Waals surface area contributed by atoms with Crippen LogP contribution in [0.5, 0.6) is 0 Å². The molecule has 0 amide bonds. The fraction of sp³-hybridized carbons (Fsp3) is 0.800. The van der Waals surface area contributed by atoms with Crippen molar-refractivity contribution in [2.45, 2.75) is 51.4 Å². The Balaban J connectivity index is 2.27. The fourth-order valence-corrected chi connectivity index (χ4v) is 1.57. The standard InChI is InChI=1S/C10H19N/c11-10-8-6-4-2-1-3-5-7-9-10/h8H,1-7,9,11H2/b10-8+. The van der Waals surface area contributed by atoms with Gasteiger partial charge in [0.05, 0.1) is 0 Å². The van der Waals surface area contributed by atoms with Gasteiger partial charge in [-0.3, -0.25) is 0 Å². The van der Waals surface area contributed by atoms with Crippen LogP contribution in [0.25, 0.3) is 0 Å². The van der Waals surface area contributed by atoms with Crippen LogP contribution in [-0.2, 0) is 0 Å². The highest BCUT2D eigenvalue weighted by Gasteiger charge is 1.96. The van der Waals surface area contributed by atoms with Crippen LogP contribution in [-0.4, -0.2) is 0 Å². The van der Waals surface area contributed by atoms with Crippen LogP contribution in [0, 0.1) is 0 Å². The van der Waals surface area contributed by atoms with Gasteiger partial charge in [-0.1, -0.05) is 31.8 Å². The first-order valence-corrected chi connectivity index (χ1v) is 4.84.